The Morgan fingerprint density at radius 3 is 2.58 bits per heavy atom. The first-order valence-electron chi connectivity index (χ1n) is 8.72. The Bertz CT molecular complexity index is 872. The van der Waals surface area contributed by atoms with Crippen molar-refractivity contribution < 1.29 is 9.53 Å². The fraction of sp³-hybridized carbons (Fsp3) is 0.421. The molecule has 2 aromatic rings. The molecular formula is C19H23N3O4. The van der Waals surface area contributed by atoms with Gasteiger partial charge in [0.15, 0.2) is 0 Å². The Kier molecular flexibility index (Phi) is 5.37. The Balaban J connectivity index is 1.79. The molecule has 26 heavy (non-hydrogen) atoms. The maximum atomic E-state index is 12.8. The molecule has 0 saturated carbocycles. The Labute approximate surface area is 151 Å². The minimum Gasteiger partial charge on any atom is -0.366 e. The highest BCUT2D eigenvalue weighted by atomic mass is 16.5. The molecule has 0 spiro atoms. The monoisotopic (exact) mass is 357 g/mol. The number of ether oxygens (including phenoxy) is 1. The highest BCUT2D eigenvalue weighted by Crippen LogP contribution is 2.28. The van der Waals surface area contributed by atoms with E-state index >= 15 is 0 Å². The van der Waals surface area contributed by atoms with Crippen LogP contribution in [-0.4, -0.2) is 39.6 Å². The molecular weight excluding hydrogens is 334 g/mol. The van der Waals surface area contributed by atoms with E-state index in [0.717, 1.165) is 5.56 Å². The first-order chi connectivity index (χ1) is 12.4. The fourth-order valence-electron chi connectivity index (χ4n) is 3.03. The lowest BCUT2D eigenvalue weighted by molar-refractivity contribution is -0.150. The van der Waals surface area contributed by atoms with Gasteiger partial charge in [0.05, 0.1) is 12.6 Å². The standard InChI is InChI=1S/C19H23N3O4/c1-13(2)15-10-22(11-16(26-15)14-6-4-3-5-7-14)18(24)12-21-9-8-17(23)20-19(21)25/h3-9,13,15-16H,10-12H2,1-2H3,(H,20,23,25)/t15-,16+/m1/s1. The second kappa shape index (κ2) is 7.70. The average Bonchev–Trinajstić information content (AvgIpc) is 2.64. The molecule has 0 bridgehead atoms. The number of hydrogen-bond acceptors (Lipinski definition) is 4. The Morgan fingerprint density at radius 2 is 1.92 bits per heavy atom. The molecule has 1 aromatic heterocycles. The van der Waals surface area contributed by atoms with Gasteiger partial charge in [0.2, 0.25) is 5.91 Å². The lowest BCUT2D eigenvalue weighted by atomic mass is 10.0. The molecule has 0 unspecified atom stereocenters. The van der Waals surface area contributed by atoms with Crippen LogP contribution in [-0.2, 0) is 16.1 Å². The third kappa shape index (κ3) is 4.11. The Morgan fingerprint density at radius 1 is 1.19 bits per heavy atom. The van der Waals surface area contributed by atoms with Crippen molar-refractivity contribution in [1.82, 2.24) is 14.5 Å². The predicted octanol–water partition coefficient (Wildman–Crippen LogP) is 1.16. The Hall–Kier alpha value is -2.67. The van der Waals surface area contributed by atoms with Gasteiger partial charge >= 0.3 is 5.69 Å². The van der Waals surface area contributed by atoms with Crippen LogP contribution in [0.1, 0.15) is 25.5 Å². The lowest BCUT2D eigenvalue weighted by Crippen LogP contribution is -2.50. The van der Waals surface area contributed by atoms with E-state index in [-0.39, 0.29) is 30.6 Å². The van der Waals surface area contributed by atoms with Gasteiger partial charge in [0.1, 0.15) is 12.6 Å². The van der Waals surface area contributed by atoms with Crippen molar-refractivity contribution in [3.8, 4) is 0 Å². The number of carbonyl (C=O) groups is 1. The number of carbonyl (C=O) groups excluding carboxylic acids is 1. The van der Waals surface area contributed by atoms with E-state index in [2.05, 4.69) is 18.8 Å². The number of aromatic amines is 1. The van der Waals surface area contributed by atoms with Crippen LogP contribution in [0.2, 0.25) is 0 Å². The van der Waals surface area contributed by atoms with Crippen LogP contribution in [0.5, 0.6) is 0 Å². The second-order valence-corrected chi connectivity index (χ2v) is 6.85. The zero-order valence-electron chi connectivity index (χ0n) is 14.9. The molecule has 2 atom stereocenters. The van der Waals surface area contributed by atoms with Gasteiger partial charge in [-0.15, -0.1) is 0 Å². The average molecular weight is 357 g/mol. The molecule has 7 heteroatoms. The molecule has 1 aliphatic heterocycles. The summed E-state index contributed by atoms with van der Waals surface area (Å²) >= 11 is 0. The quantitative estimate of drug-likeness (QED) is 0.890. The first kappa shape index (κ1) is 18.1. The number of benzene rings is 1. The topological polar surface area (TPSA) is 84.4 Å². The van der Waals surface area contributed by atoms with Crippen LogP contribution in [0.3, 0.4) is 0 Å². The minimum absolute atomic E-state index is 0.0785. The van der Waals surface area contributed by atoms with E-state index in [0.29, 0.717) is 13.1 Å². The third-order valence-electron chi connectivity index (χ3n) is 4.60. The highest BCUT2D eigenvalue weighted by Gasteiger charge is 2.32. The van der Waals surface area contributed by atoms with Crippen molar-refractivity contribution >= 4 is 5.91 Å². The summed E-state index contributed by atoms with van der Waals surface area (Å²) in [7, 11) is 0. The van der Waals surface area contributed by atoms with Crippen LogP contribution in [0.25, 0.3) is 0 Å². The number of nitrogens with zero attached hydrogens (tertiary/aromatic N) is 2. The largest absolute Gasteiger partial charge is 0.366 e. The van der Waals surface area contributed by atoms with Gasteiger partial charge in [-0.2, -0.15) is 0 Å². The van der Waals surface area contributed by atoms with Crippen LogP contribution >= 0.6 is 0 Å². The molecule has 3 rings (SSSR count). The van der Waals surface area contributed by atoms with E-state index in [9.17, 15) is 14.4 Å². The van der Waals surface area contributed by atoms with Gasteiger partial charge in [-0.25, -0.2) is 4.79 Å². The molecule has 1 amide bonds. The molecule has 1 aromatic carbocycles. The lowest BCUT2D eigenvalue weighted by Gasteiger charge is -2.40. The van der Waals surface area contributed by atoms with Gasteiger partial charge in [-0.1, -0.05) is 44.2 Å². The minimum atomic E-state index is -0.584. The van der Waals surface area contributed by atoms with E-state index in [1.807, 2.05) is 30.3 Å². The smallest absolute Gasteiger partial charge is 0.328 e. The van der Waals surface area contributed by atoms with Crippen molar-refractivity contribution in [2.45, 2.75) is 32.6 Å². The van der Waals surface area contributed by atoms with E-state index in [1.165, 1.54) is 16.8 Å². The summed E-state index contributed by atoms with van der Waals surface area (Å²) in [4.78, 5) is 39.7. The van der Waals surface area contributed by atoms with E-state index in [4.69, 9.17) is 4.74 Å². The van der Waals surface area contributed by atoms with Crippen molar-refractivity contribution in [2.24, 2.45) is 5.92 Å². The SMILES string of the molecule is CC(C)[C@H]1CN(C(=O)Cn2ccc(=O)[nH]c2=O)C[C@@H](c2ccccc2)O1. The maximum absolute atomic E-state index is 12.8. The van der Waals surface area contributed by atoms with Gasteiger partial charge in [0, 0.05) is 18.8 Å². The molecule has 1 N–H and O–H groups in total. The number of amides is 1. The molecule has 138 valence electrons. The summed E-state index contributed by atoms with van der Waals surface area (Å²) in [6, 6.07) is 11.0. The summed E-state index contributed by atoms with van der Waals surface area (Å²) in [6.07, 6.45) is 1.06. The summed E-state index contributed by atoms with van der Waals surface area (Å²) in [6.45, 7) is 4.93. The predicted molar refractivity (Wildman–Crippen MR) is 96.8 cm³/mol. The van der Waals surface area contributed by atoms with Crippen molar-refractivity contribution in [3.05, 3.63) is 69.0 Å². The zero-order valence-corrected chi connectivity index (χ0v) is 14.9. The molecule has 2 heterocycles. The first-order valence-corrected chi connectivity index (χ1v) is 8.72. The van der Waals surface area contributed by atoms with Gasteiger partial charge in [0.25, 0.3) is 5.56 Å². The number of rotatable bonds is 4. The number of morpholine rings is 1. The van der Waals surface area contributed by atoms with E-state index in [1.54, 1.807) is 4.90 Å². The zero-order chi connectivity index (χ0) is 18.7. The molecule has 1 fully saturated rings. The number of H-pyrrole nitrogens is 1. The van der Waals surface area contributed by atoms with Crippen LogP contribution in [0, 0.1) is 5.92 Å². The summed E-state index contributed by atoms with van der Waals surface area (Å²) in [5.41, 5.74) is -0.0370. The third-order valence-corrected chi connectivity index (χ3v) is 4.60. The second-order valence-electron chi connectivity index (χ2n) is 6.85. The number of aromatic nitrogens is 2. The molecule has 1 aliphatic rings. The number of hydrogen-bond donors (Lipinski definition) is 1. The fourth-order valence-corrected chi connectivity index (χ4v) is 3.03. The number of nitrogens with one attached hydrogen (secondary N) is 1. The summed E-state index contributed by atoms with van der Waals surface area (Å²) in [5, 5.41) is 0. The van der Waals surface area contributed by atoms with Crippen LogP contribution in [0.15, 0.2) is 52.2 Å². The summed E-state index contributed by atoms with van der Waals surface area (Å²) in [5.74, 6) is 0.0849. The van der Waals surface area contributed by atoms with Gasteiger partial charge in [-0.05, 0) is 11.5 Å². The van der Waals surface area contributed by atoms with Crippen LogP contribution < -0.4 is 11.2 Å². The van der Waals surface area contributed by atoms with Gasteiger partial charge in [-0.3, -0.25) is 19.1 Å². The van der Waals surface area contributed by atoms with Gasteiger partial charge < -0.3 is 9.64 Å². The van der Waals surface area contributed by atoms with Crippen LogP contribution in [0.4, 0.5) is 0 Å². The highest BCUT2D eigenvalue weighted by molar-refractivity contribution is 5.76. The van der Waals surface area contributed by atoms with Crippen molar-refractivity contribution in [1.29, 1.82) is 0 Å². The molecule has 0 radical (unpaired) electrons. The molecule has 7 nitrogen and oxygen atoms in total. The maximum Gasteiger partial charge on any atom is 0.328 e. The van der Waals surface area contributed by atoms with E-state index < -0.39 is 11.2 Å². The molecule has 1 saturated heterocycles. The normalized spacial score (nSPS) is 20.3. The van der Waals surface area contributed by atoms with Crippen molar-refractivity contribution in [3.63, 3.8) is 0 Å². The summed E-state index contributed by atoms with van der Waals surface area (Å²) < 4.78 is 7.40. The van der Waals surface area contributed by atoms with Crippen molar-refractivity contribution in [2.75, 3.05) is 13.1 Å². The molecule has 0 aliphatic carbocycles.